The smallest absolute Gasteiger partial charge is 0.309 e. The van der Waals surface area contributed by atoms with Crippen LogP contribution in [0.1, 0.15) is 19.3 Å². The van der Waals surface area contributed by atoms with Gasteiger partial charge in [-0.2, -0.15) is 0 Å². The third-order valence-corrected chi connectivity index (χ3v) is 2.47. The molecule has 1 aliphatic rings. The molecule has 15 heavy (non-hydrogen) atoms. The van der Waals surface area contributed by atoms with E-state index in [4.69, 9.17) is 5.11 Å². The molecule has 0 aromatic heterocycles. The summed E-state index contributed by atoms with van der Waals surface area (Å²) in [5.41, 5.74) is 0.720. The number of likely N-dealkylation sites (tertiary alicyclic amines) is 1. The fraction of sp³-hybridized carbons (Fsp3) is 0.600. The van der Waals surface area contributed by atoms with E-state index in [0.717, 1.165) is 5.57 Å². The molecule has 1 amide bonds. The number of aliphatic hydroxyl groups is 1. The first-order valence-corrected chi connectivity index (χ1v) is 4.72. The van der Waals surface area contributed by atoms with Crippen LogP contribution in [0.5, 0.6) is 0 Å². The molecule has 1 saturated heterocycles. The number of esters is 1. The summed E-state index contributed by atoms with van der Waals surface area (Å²) in [6, 6.07) is -0.0142. The second-order valence-electron chi connectivity index (χ2n) is 3.57. The van der Waals surface area contributed by atoms with Gasteiger partial charge in [-0.1, -0.05) is 12.2 Å². The molecule has 0 saturated carbocycles. The average molecular weight is 213 g/mol. The van der Waals surface area contributed by atoms with Crippen molar-refractivity contribution in [1.29, 1.82) is 0 Å². The van der Waals surface area contributed by atoms with Crippen molar-refractivity contribution in [3.8, 4) is 0 Å². The lowest BCUT2D eigenvalue weighted by Crippen LogP contribution is -2.52. The molecule has 1 atom stereocenters. The van der Waals surface area contributed by atoms with Crippen molar-refractivity contribution >= 4 is 11.9 Å². The van der Waals surface area contributed by atoms with Gasteiger partial charge in [0.2, 0.25) is 5.91 Å². The van der Waals surface area contributed by atoms with E-state index in [9.17, 15) is 9.59 Å². The maximum Gasteiger partial charge on any atom is 0.309 e. The second-order valence-corrected chi connectivity index (χ2v) is 3.57. The minimum Gasteiger partial charge on any atom is -0.469 e. The molecule has 0 bridgehead atoms. The highest BCUT2D eigenvalue weighted by molar-refractivity contribution is 5.83. The zero-order chi connectivity index (χ0) is 11.4. The summed E-state index contributed by atoms with van der Waals surface area (Å²) in [5, 5.41) is 8.85. The Balaban J connectivity index is 2.33. The summed E-state index contributed by atoms with van der Waals surface area (Å²) >= 11 is 0. The molecule has 0 unspecified atom stereocenters. The zero-order valence-corrected chi connectivity index (χ0v) is 8.73. The summed E-state index contributed by atoms with van der Waals surface area (Å²) in [5.74, 6) is -0.394. The predicted octanol–water partition coefficient (Wildman–Crippen LogP) is 0.0465. The van der Waals surface area contributed by atoms with Crippen LogP contribution in [-0.4, -0.2) is 41.8 Å². The highest BCUT2D eigenvalue weighted by atomic mass is 16.5. The normalized spacial score (nSPS) is 19.7. The highest BCUT2D eigenvalue weighted by Crippen LogP contribution is 2.25. The Morgan fingerprint density at radius 1 is 1.73 bits per heavy atom. The molecule has 1 aliphatic heterocycles. The second kappa shape index (κ2) is 4.93. The van der Waals surface area contributed by atoms with Crippen molar-refractivity contribution in [2.75, 3.05) is 13.8 Å². The van der Waals surface area contributed by atoms with Crippen LogP contribution >= 0.6 is 0 Å². The number of aliphatic hydroxyl groups excluding tert-OH is 1. The molecule has 0 aliphatic carbocycles. The van der Waals surface area contributed by atoms with Crippen LogP contribution in [-0.2, 0) is 14.3 Å². The van der Waals surface area contributed by atoms with Crippen molar-refractivity contribution in [1.82, 2.24) is 4.90 Å². The van der Waals surface area contributed by atoms with Gasteiger partial charge in [0.25, 0.3) is 0 Å². The van der Waals surface area contributed by atoms with E-state index in [1.807, 2.05) is 0 Å². The molecular formula is C10H15NO4. The standard InChI is InChI=1S/C10H15NO4/c1-7(4-10(14)15-2)3-8-5-9(13)11(8)6-12/h8,12H,1,3-6H2,2H3/t8-/m0/s1. The lowest BCUT2D eigenvalue weighted by Gasteiger charge is -2.39. The van der Waals surface area contributed by atoms with E-state index in [1.54, 1.807) is 0 Å². The van der Waals surface area contributed by atoms with Gasteiger partial charge in [-0.25, -0.2) is 0 Å². The van der Waals surface area contributed by atoms with Gasteiger partial charge in [-0.05, 0) is 6.42 Å². The number of β-lactam (4-membered cyclic amide) rings is 1. The average Bonchev–Trinajstić information content (AvgIpc) is 2.17. The van der Waals surface area contributed by atoms with Gasteiger partial charge in [0.05, 0.1) is 13.5 Å². The van der Waals surface area contributed by atoms with Crippen molar-refractivity contribution < 1.29 is 19.4 Å². The van der Waals surface area contributed by atoms with Crippen LogP contribution in [0, 0.1) is 0 Å². The van der Waals surface area contributed by atoms with Crippen LogP contribution in [0.3, 0.4) is 0 Å². The predicted molar refractivity (Wildman–Crippen MR) is 52.7 cm³/mol. The summed E-state index contributed by atoms with van der Waals surface area (Å²) < 4.78 is 4.50. The minimum absolute atomic E-state index is 0.0142. The number of hydrogen-bond donors (Lipinski definition) is 1. The Morgan fingerprint density at radius 3 is 2.87 bits per heavy atom. The first kappa shape index (κ1) is 11.7. The Labute approximate surface area is 88.3 Å². The summed E-state index contributed by atoms with van der Waals surface area (Å²) in [6.45, 7) is 3.47. The molecule has 5 nitrogen and oxygen atoms in total. The summed E-state index contributed by atoms with van der Waals surface area (Å²) in [4.78, 5) is 23.3. The number of amides is 1. The van der Waals surface area contributed by atoms with E-state index in [0.29, 0.717) is 12.8 Å². The van der Waals surface area contributed by atoms with Crippen molar-refractivity contribution in [2.24, 2.45) is 0 Å². The van der Waals surface area contributed by atoms with Crippen LogP contribution in [0.4, 0.5) is 0 Å². The first-order valence-electron chi connectivity index (χ1n) is 4.72. The number of ether oxygens (including phenoxy) is 1. The third-order valence-electron chi connectivity index (χ3n) is 2.47. The first-order chi connectivity index (χ1) is 7.08. The third kappa shape index (κ3) is 2.79. The minimum atomic E-state index is -0.332. The fourth-order valence-electron chi connectivity index (χ4n) is 1.58. The largest absolute Gasteiger partial charge is 0.469 e. The molecular weight excluding hydrogens is 198 g/mol. The van der Waals surface area contributed by atoms with E-state index in [1.165, 1.54) is 12.0 Å². The van der Waals surface area contributed by atoms with Crippen molar-refractivity contribution in [3.05, 3.63) is 12.2 Å². The van der Waals surface area contributed by atoms with Crippen LogP contribution in [0.2, 0.25) is 0 Å². The van der Waals surface area contributed by atoms with E-state index in [-0.39, 0.29) is 31.1 Å². The maximum absolute atomic E-state index is 11.0. The SMILES string of the molecule is C=C(CC(=O)OC)C[C@H]1CC(=O)N1CO. The van der Waals surface area contributed by atoms with Crippen molar-refractivity contribution in [2.45, 2.75) is 25.3 Å². The fourth-order valence-corrected chi connectivity index (χ4v) is 1.58. The summed E-state index contributed by atoms with van der Waals surface area (Å²) in [7, 11) is 1.32. The lowest BCUT2D eigenvalue weighted by molar-refractivity contribution is -0.151. The molecule has 0 aromatic carbocycles. The van der Waals surface area contributed by atoms with E-state index >= 15 is 0 Å². The van der Waals surface area contributed by atoms with Crippen LogP contribution in [0.25, 0.3) is 0 Å². The molecule has 1 heterocycles. The number of rotatable bonds is 5. The molecule has 84 valence electrons. The van der Waals surface area contributed by atoms with Crippen LogP contribution in [0.15, 0.2) is 12.2 Å². The monoisotopic (exact) mass is 213 g/mol. The van der Waals surface area contributed by atoms with E-state index in [2.05, 4.69) is 11.3 Å². The number of carbonyl (C=O) groups is 2. The molecule has 0 spiro atoms. The Bertz CT molecular complexity index is 287. The number of nitrogens with zero attached hydrogens (tertiary/aromatic N) is 1. The summed E-state index contributed by atoms with van der Waals surface area (Å²) in [6.07, 6.45) is 1.13. The quantitative estimate of drug-likeness (QED) is 0.398. The van der Waals surface area contributed by atoms with Crippen molar-refractivity contribution in [3.63, 3.8) is 0 Å². The highest BCUT2D eigenvalue weighted by Gasteiger charge is 2.35. The Morgan fingerprint density at radius 2 is 2.40 bits per heavy atom. The molecule has 0 radical (unpaired) electrons. The number of hydrogen-bond acceptors (Lipinski definition) is 4. The Hall–Kier alpha value is -1.36. The molecule has 0 aromatic rings. The molecule has 5 heteroatoms. The van der Waals surface area contributed by atoms with Gasteiger partial charge in [0, 0.05) is 12.5 Å². The molecule has 1 rings (SSSR count). The van der Waals surface area contributed by atoms with Gasteiger partial charge in [-0.15, -0.1) is 0 Å². The van der Waals surface area contributed by atoms with Gasteiger partial charge in [0.1, 0.15) is 6.73 Å². The Kier molecular flexibility index (Phi) is 3.85. The van der Waals surface area contributed by atoms with Gasteiger partial charge < -0.3 is 14.7 Å². The van der Waals surface area contributed by atoms with Gasteiger partial charge in [0.15, 0.2) is 0 Å². The van der Waals surface area contributed by atoms with E-state index < -0.39 is 0 Å². The molecule has 1 fully saturated rings. The molecule has 1 N–H and O–H groups in total. The lowest BCUT2D eigenvalue weighted by atomic mass is 9.94. The number of carbonyl (C=O) groups excluding carboxylic acids is 2. The topological polar surface area (TPSA) is 66.8 Å². The van der Waals surface area contributed by atoms with Gasteiger partial charge in [-0.3, -0.25) is 9.59 Å². The maximum atomic E-state index is 11.0. The van der Waals surface area contributed by atoms with Crippen LogP contribution < -0.4 is 0 Å². The number of methoxy groups -OCH3 is 1. The zero-order valence-electron chi connectivity index (χ0n) is 8.73. The van der Waals surface area contributed by atoms with Gasteiger partial charge >= 0.3 is 5.97 Å².